The van der Waals surface area contributed by atoms with Crippen LogP contribution in [0.3, 0.4) is 0 Å². The predicted octanol–water partition coefficient (Wildman–Crippen LogP) is 2.09. The number of H-pyrrole nitrogens is 1. The second-order valence-corrected chi connectivity index (χ2v) is 3.50. The zero-order valence-electron chi connectivity index (χ0n) is 8.92. The maximum atomic E-state index is 13.1. The van der Waals surface area contributed by atoms with E-state index in [0.717, 1.165) is 12.1 Å². The van der Waals surface area contributed by atoms with E-state index in [0.29, 0.717) is 6.07 Å². The van der Waals surface area contributed by atoms with Gasteiger partial charge >= 0.3 is 6.18 Å². The van der Waals surface area contributed by atoms with Crippen LogP contribution in [0.5, 0.6) is 0 Å². The highest BCUT2D eigenvalue weighted by Crippen LogP contribution is 2.36. The van der Waals surface area contributed by atoms with Crippen LogP contribution >= 0.6 is 0 Å². The Hall–Kier alpha value is -1.96. The predicted molar refractivity (Wildman–Crippen MR) is 54.7 cm³/mol. The van der Waals surface area contributed by atoms with Crippen molar-refractivity contribution in [3.05, 3.63) is 35.4 Å². The van der Waals surface area contributed by atoms with Crippen LogP contribution in [0.1, 0.15) is 11.4 Å². The first-order valence-corrected chi connectivity index (χ1v) is 4.90. The van der Waals surface area contributed by atoms with Crippen molar-refractivity contribution in [3.8, 4) is 11.4 Å². The smallest absolute Gasteiger partial charge is 0.324 e. The normalized spacial score (nSPS) is 11.8. The number of hydrogen-bond acceptors (Lipinski definition) is 3. The molecule has 0 atom stereocenters. The molecule has 0 radical (unpaired) electrons. The Labute approximate surface area is 98.8 Å². The van der Waals surface area contributed by atoms with Crippen molar-refractivity contribution in [1.82, 2.24) is 15.2 Å². The van der Waals surface area contributed by atoms with Crippen molar-refractivity contribution < 1.29 is 17.6 Å². The van der Waals surface area contributed by atoms with Crippen molar-refractivity contribution in [2.75, 3.05) is 0 Å². The summed E-state index contributed by atoms with van der Waals surface area (Å²) in [6, 6.07) is 2.14. The van der Waals surface area contributed by atoms with Crippen molar-refractivity contribution in [2.24, 2.45) is 5.73 Å². The Morgan fingerprint density at radius 1 is 1.28 bits per heavy atom. The van der Waals surface area contributed by atoms with Crippen molar-refractivity contribution in [3.63, 3.8) is 0 Å². The van der Waals surface area contributed by atoms with E-state index in [9.17, 15) is 17.6 Å². The van der Waals surface area contributed by atoms with Gasteiger partial charge in [0.2, 0.25) is 0 Å². The number of halogens is 4. The van der Waals surface area contributed by atoms with E-state index < -0.39 is 23.1 Å². The van der Waals surface area contributed by atoms with Gasteiger partial charge in [-0.25, -0.2) is 9.37 Å². The number of nitrogens with two attached hydrogens (primary N) is 1. The van der Waals surface area contributed by atoms with Gasteiger partial charge in [0.15, 0.2) is 5.82 Å². The van der Waals surface area contributed by atoms with Crippen LogP contribution in [-0.2, 0) is 12.7 Å². The van der Waals surface area contributed by atoms with Crippen molar-refractivity contribution in [2.45, 2.75) is 12.7 Å². The molecule has 2 rings (SSSR count). The summed E-state index contributed by atoms with van der Waals surface area (Å²) in [7, 11) is 0. The first kappa shape index (κ1) is 12.5. The van der Waals surface area contributed by atoms with Gasteiger partial charge in [0.25, 0.3) is 0 Å². The Morgan fingerprint density at radius 3 is 2.56 bits per heavy atom. The zero-order chi connectivity index (χ0) is 13.3. The molecule has 1 heterocycles. The van der Waals surface area contributed by atoms with Gasteiger partial charge in [-0.3, -0.25) is 5.10 Å². The lowest BCUT2D eigenvalue weighted by Gasteiger charge is -2.10. The van der Waals surface area contributed by atoms with E-state index in [1.165, 1.54) is 0 Å². The fourth-order valence-corrected chi connectivity index (χ4v) is 1.46. The molecule has 4 nitrogen and oxygen atoms in total. The molecule has 0 amide bonds. The first-order chi connectivity index (χ1) is 8.41. The average molecular weight is 260 g/mol. The average Bonchev–Trinajstić information content (AvgIpc) is 2.75. The Morgan fingerprint density at radius 2 is 2.00 bits per heavy atom. The lowest BCUT2D eigenvalue weighted by atomic mass is 10.1. The van der Waals surface area contributed by atoms with Crippen LogP contribution in [0.2, 0.25) is 0 Å². The quantitative estimate of drug-likeness (QED) is 0.812. The van der Waals surface area contributed by atoms with Gasteiger partial charge in [-0.1, -0.05) is 0 Å². The maximum Gasteiger partial charge on any atom is 0.417 e. The number of hydrogen-bond donors (Lipinski definition) is 2. The Bertz CT molecular complexity index is 561. The summed E-state index contributed by atoms with van der Waals surface area (Å²) in [5, 5.41) is 5.97. The minimum absolute atomic E-state index is 0.00364. The van der Waals surface area contributed by atoms with Gasteiger partial charge in [-0.2, -0.15) is 18.3 Å². The van der Waals surface area contributed by atoms with Crippen molar-refractivity contribution >= 4 is 0 Å². The topological polar surface area (TPSA) is 67.6 Å². The Balaban J connectivity index is 2.58. The monoisotopic (exact) mass is 260 g/mol. The molecule has 0 saturated heterocycles. The zero-order valence-corrected chi connectivity index (χ0v) is 8.92. The van der Waals surface area contributed by atoms with E-state index >= 15 is 0 Å². The second kappa shape index (κ2) is 4.37. The van der Waals surface area contributed by atoms with Gasteiger partial charge in [0.05, 0.1) is 12.1 Å². The van der Waals surface area contributed by atoms with E-state index in [1.807, 2.05) is 0 Å². The molecule has 2 aromatic rings. The maximum absolute atomic E-state index is 13.1. The van der Waals surface area contributed by atoms with Gasteiger partial charge in [0.1, 0.15) is 11.6 Å². The summed E-state index contributed by atoms with van der Waals surface area (Å²) in [4.78, 5) is 3.76. The highest BCUT2D eigenvalue weighted by molar-refractivity contribution is 5.61. The molecule has 0 aliphatic heterocycles. The molecule has 0 saturated carbocycles. The molecule has 8 heteroatoms. The molecule has 0 aliphatic rings. The van der Waals surface area contributed by atoms with Gasteiger partial charge in [0, 0.05) is 5.56 Å². The van der Waals surface area contributed by atoms with Crippen LogP contribution < -0.4 is 5.73 Å². The summed E-state index contributed by atoms with van der Waals surface area (Å²) in [5.74, 6) is -0.804. The van der Waals surface area contributed by atoms with Gasteiger partial charge < -0.3 is 5.73 Å². The summed E-state index contributed by atoms with van der Waals surface area (Å²) in [6.07, 6.45) is -4.60. The molecule has 96 valence electrons. The number of benzene rings is 1. The molecule has 1 aromatic heterocycles. The molecular weight excluding hydrogens is 252 g/mol. The largest absolute Gasteiger partial charge is 0.417 e. The fraction of sp³-hybridized carbons (Fsp3) is 0.200. The van der Waals surface area contributed by atoms with Crippen LogP contribution in [-0.4, -0.2) is 15.2 Å². The number of rotatable bonds is 2. The van der Waals surface area contributed by atoms with E-state index in [4.69, 9.17) is 5.73 Å². The molecule has 0 bridgehead atoms. The summed E-state index contributed by atoms with van der Waals surface area (Å²) in [6.45, 7) is 0.00364. The molecule has 18 heavy (non-hydrogen) atoms. The molecule has 0 unspecified atom stereocenters. The van der Waals surface area contributed by atoms with Crippen LogP contribution in [0.4, 0.5) is 17.6 Å². The third-order valence-electron chi connectivity index (χ3n) is 2.25. The van der Waals surface area contributed by atoms with E-state index in [2.05, 4.69) is 15.2 Å². The Kier molecular flexibility index (Phi) is 3.04. The second-order valence-electron chi connectivity index (χ2n) is 3.50. The molecule has 0 fully saturated rings. The number of aromatic amines is 1. The van der Waals surface area contributed by atoms with Crippen molar-refractivity contribution in [1.29, 1.82) is 0 Å². The van der Waals surface area contributed by atoms with E-state index in [1.54, 1.807) is 0 Å². The SMILES string of the molecule is NCc1nc(-c2cc(F)ccc2C(F)(F)F)n[nH]1. The summed E-state index contributed by atoms with van der Waals surface area (Å²) in [5.41, 5.74) is 3.85. The number of nitrogens with one attached hydrogen (secondary N) is 1. The van der Waals surface area contributed by atoms with Crippen LogP contribution in [0.15, 0.2) is 18.2 Å². The van der Waals surface area contributed by atoms with Gasteiger partial charge in [-0.15, -0.1) is 0 Å². The third-order valence-corrected chi connectivity index (χ3v) is 2.25. The van der Waals surface area contributed by atoms with E-state index in [-0.39, 0.29) is 18.2 Å². The molecular formula is C10H8F4N4. The lowest BCUT2D eigenvalue weighted by molar-refractivity contribution is -0.137. The van der Waals surface area contributed by atoms with Crippen LogP contribution in [0.25, 0.3) is 11.4 Å². The van der Waals surface area contributed by atoms with Crippen LogP contribution in [0, 0.1) is 5.82 Å². The highest BCUT2D eigenvalue weighted by Gasteiger charge is 2.34. The number of nitrogens with zero attached hydrogens (tertiary/aromatic N) is 2. The third kappa shape index (κ3) is 2.33. The minimum atomic E-state index is -4.60. The van der Waals surface area contributed by atoms with Gasteiger partial charge in [-0.05, 0) is 18.2 Å². The highest BCUT2D eigenvalue weighted by atomic mass is 19.4. The first-order valence-electron chi connectivity index (χ1n) is 4.90. The number of aromatic nitrogens is 3. The summed E-state index contributed by atoms with van der Waals surface area (Å²) < 4.78 is 51.3. The fourth-order valence-electron chi connectivity index (χ4n) is 1.46. The molecule has 0 spiro atoms. The molecule has 1 aromatic carbocycles. The molecule has 3 N–H and O–H groups in total. The summed E-state index contributed by atoms with van der Waals surface area (Å²) >= 11 is 0. The number of alkyl halides is 3. The minimum Gasteiger partial charge on any atom is -0.324 e. The molecule has 0 aliphatic carbocycles. The lowest BCUT2D eigenvalue weighted by Crippen LogP contribution is -2.08. The standard InChI is InChI=1S/C10H8F4N4/c11-5-1-2-7(10(12,13)14)6(3-5)9-16-8(4-15)17-18-9/h1-3H,4,15H2,(H,16,17,18).